The zero-order valence-corrected chi connectivity index (χ0v) is 14.7. The van der Waals surface area contributed by atoms with Crippen molar-refractivity contribution >= 4 is 20.7 Å². The smallest absolute Gasteiger partial charge is 0.478 e. The first-order chi connectivity index (χ1) is 10.2. The molecule has 2 N–H and O–H groups in total. The lowest BCUT2D eigenvalue weighted by Crippen LogP contribution is -2.42. The van der Waals surface area contributed by atoms with Crippen LogP contribution in [0.2, 0.25) is 6.04 Å². The molecule has 0 rings (SSSR count). The van der Waals surface area contributed by atoms with Crippen LogP contribution in [-0.2, 0) is 22.9 Å². The van der Waals surface area contributed by atoms with Crippen LogP contribution < -0.4 is 0 Å². The monoisotopic (exact) mass is 334 g/mol. The van der Waals surface area contributed by atoms with Gasteiger partial charge in [0.15, 0.2) is 0 Å². The van der Waals surface area contributed by atoms with Crippen LogP contribution in [0.3, 0.4) is 0 Å². The van der Waals surface area contributed by atoms with E-state index in [9.17, 15) is 9.59 Å². The van der Waals surface area contributed by atoms with Crippen molar-refractivity contribution in [2.24, 2.45) is 0 Å². The zero-order valence-electron chi connectivity index (χ0n) is 13.7. The van der Waals surface area contributed by atoms with Gasteiger partial charge in [-0.15, -0.1) is 0 Å². The first kappa shape index (κ1) is 22.8. The normalized spacial score (nSPS) is 10.4. The van der Waals surface area contributed by atoms with E-state index in [2.05, 4.69) is 13.2 Å². The first-order valence-electron chi connectivity index (χ1n) is 6.61. The van der Waals surface area contributed by atoms with Crippen molar-refractivity contribution in [2.45, 2.75) is 32.2 Å². The maximum Gasteiger partial charge on any atom is 0.500 e. The van der Waals surface area contributed by atoms with Gasteiger partial charge in [0.25, 0.3) is 0 Å². The van der Waals surface area contributed by atoms with Gasteiger partial charge in [0.05, 0.1) is 0 Å². The summed E-state index contributed by atoms with van der Waals surface area (Å²) in [6.07, 6.45) is 2.03. The molecule has 8 heteroatoms. The molecule has 0 aliphatic rings. The second-order valence-corrected chi connectivity index (χ2v) is 7.59. The van der Waals surface area contributed by atoms with E-state index >= 15 is 0 Å². The first-order valence-corrected chi connectivity index (χ1v) is 8.54. The van der Waals surface area contributed by atoms with Gasteiger partial charge in [-0.05, 0) is 26.2 Å². The molecule has 0 heterocycles. The van der Waals surface area contributed by atoms with Crippen LogP contribution in [0, 0.1) is 0 Å². The largest absolute Gasteiger partial charge is 0.500 e. The Hall–Kier alpha value is -1.48. The summed E-state index contributed by atoms with van der Waals surface area (Å²) < 4.78 is 15.7. The lowest BCUT2D eigenvalue weighted by atomic mass is 10.1. The van der Waals surface area contributed by atoms with E-state index in [-0.39, 0.29) is 11.1 Å². The molecule has 7 nitrogen and oxygen atoms in total. The van der Waals surface area contributed by atoms with E-state index in [0.717, 1.165) is 12.8 Å². The second kappa shape index (κ2) is 12.1. The van der Waals surface area contributed by atoms with Crippen molar-refractivity contribution in [3.8, 4) is 0 Å². The van der Waals surface area contributed by atoms with Crippen LogP contribution in [0.25, 0.3) is 0 Å². The third-order valence-corrected chi connectivity index (χ3v) is 5.64. The van der Waals surface area contributed by atoms with Crippen molar-refractivity contribution in [1.29, 1.82) is 0 Å². The molecular formula is C14H26O7Si. The molecule has 0 aromatic carbocycles. The minimum atomic E-state index is -2.49. The molecule has 0 aliphatic carbocycles. The minimum Gasteiger partial charge on any atom is -0.478 e. The van der Waals surface area contributed by atoms with Gasteiger partial charge in [0.1, 0.15) is 0 Å². The predicted molar refractivity (Wildman–Crippen MR) is 84.7 cm³/mol. The molecule has 0 saturated heterocycles. The molecule has 22 heavy (non-hydrogen) atoms. The fourth-order valence-corrected chi connectivity index (χ4v) is 3.14. The van der Waals surface area contributed by atoms with Gasteiger partial charge in [-0.3, -0.25) is 0 Å². The van der Waals surface area contributed by atoms with Gasteiger partial charge in [0, 0.05) is 38.5 Å². The standard InChI is InChI=1S/C10H20O5Si.C4H6O2/c1-9(10(11)12)7-5-6-8-16(13-2,14-3)15-4;1-3(2)4(5)6/h1,5-8H2,2-4H3,(H,11,12);1H2,2H3,(H,5,6). The summed E-state index contributed by atoms with van der Waals surface area (Å²) in [6, 6.07) is 0.684. The number of carboxylic acid groups (broad SMARTS) is 2. The van der Waals surface area contributed by atoms with E-state index in [1.807, 2.05) is 0 Å². The van der Waals surface area contributed by atoms with Crippen LogP contribution in [0.15, 0.2) is 24.3 Å². The molecule has 0 spiro atoms. The topological polar surface area (TPSA) is 102 Å². The van der Waals surface area contributed by atoms with Crippen molar-refractivity contribution in [3.05, 3.63) is 24.3 Å². The fraction of sp³-hybridized carbons (Fsp3) is 0.571. The quantitative estimate of drug-likeness (QED) is 0.359. The van der Waals surface area contributed by atoms with Gasteiger partial charge >= 0.3 is 20.7 Å². The fourth-order valence-electron chi connectivity index (χ4n) is 1.34. The molecule has 0 fully saturated rings. The summed E-state index contributed by atoms with van der Waals surface area (Å²) in [7, 11) is 2.20. The van der Waals surface area contributed by atoms with E-state index in [0.29, 0.717) is 12.5 Å². The van der Waals surface area contributed by atoms with Crippen LogP contribution >= 0.6 is 0 Å². The number of hydrogen-bond donors (Lipinski definition) is 2. The summed E-state index contributed by atoms with van der Waals surface area (Å²) in [5, 5.41) is 16.5. The van der Waals surface area contributed by atoms with Crippen molar-refractivity contribution in [3.63, 3.8) is 0 Å². The molecule has 0 amide bonds. The summed E-state index contributed by atoms with van der Waals surface area (Å²) in [4.78, 5) is 20.1. The van der Waals surface area contributed by atoms with E-state index in [1.54, 1.807) is 21.3 Å². The van der Waals surface area contributed by atoms with E-state index in [1.165, 1.54) is 6.92 Å². The average molecular weight is 334 g/mol. The Morgan fingerprint density at radius 1 is 0.955 bits per heavy atom. The molecule has 0 atom stereocenters. The van der Waals surface area contributed by atoms with Crippen LogP contribution in [-0.4, -0.2) is 52.3 Å². The Morgan fingerprint density at radius 3 is 1.64 bits per heavy atom. The highest BCUT2D eigenvalue weighted by atomic mass is 28.4. The third-order valence-electron chi connectivity index (χ3n) is 2.81. The molecule has 0 aliphatic heterocycles. The Morgan fingerprint density at radius 2 is 1.36 bits per heavy atom. The zero-order chi connectivity index (χ0) is 17.8. The van der Waals surface area contributed by atoms with Gasteiger partial charge in [-0.25, -0.2) is 9.59 Å². The highest BCUT2D eigenvalue weighted by Gasteiger charge is 2.36. The molecule has 0 aromatic rings. The molecular weight excluding hydrogens is 308 g/mol. The SMILES string of the molecule is C=C(C)C(=O)O.C=C(CCCC[Si](OC)(OC)OC)C(=O)O. The minimum absolute atomic E-state index is 0.176. The van der Waals surface area contributed by atoms with Crippen LogP contribution in [0.1, 0.15) is 26.2 Å². The summed E-state index contributed by atoms with van der Waals surface area (Å²) in [5.41, 5.74) is 0.412. The molecule has 0 bridgehead atoms. The number of carboxylic acids is 2. The molecule has 0 saturated carbocycles. The number of unbranched alkanes of at least 4 members (excludes halogenated alkanes) is 1. The Balaban J connectivity index is 0. The lowest BCUT2D eigenvalue weighted by molar-refractivity contribution is -0.133. The Kier molecular flexibility index (Phi) is 12.5. The number of hydrogen-bond acceptors (Lipinski definition) is 5. The number of rotatable bonds is 10. The van der Waals surface area contributed by atoms with Crippen molar-refractivity contribution < 1.29 is 33.1 Å². The maximum absolute atomic E-state index is 10.5. The molecule has 0 unspecified atom stereocenters. The predicted octanol–water partition coefficient (Wildman–Crippen LogP) is 2.32. The summed E-state index contributed by atoms with van der Waals surface area (Å²) in [5.74, 6) is -1.87. The van der Waals surface area contributed by atoms with Gasteiger partial charge in [0.2, 0.25) is 0 Å². The van der Waals surface area contributed by atoms with Crippen molar-refractivity contribution in [2.75, 3.05) is 21.3 Å². The highest BCUT2D eigenvalue weighted by Crippen LogP contribution is 2.18. The second-order valence-electron chi connectivity index (χ2n) is 4.50. The average Bonchev–Trinajstić information content (AvgIpc) is 2.48. The van der Waals surface area contributed by atoms with Crippen LogP contribution in [0.4, 0.5) is 0 Å². The van der Waals surface area contributed by atoms with E-state index in [4.69, 9.17) is 23.5 Å². The summed E-state index contributed by atoms with van der Waals surface area (Å²) >= 11 is 0. The van der Waals surface area contributed by atoms with E-state index < -0.39 is 20.7 Å². The lowest BCUT2D eigenvalue weighted by Gasteiger charge is -2.24. The van der Waals surface area contributed by atoms with Gasteiger partial charge in [-0.1, -0.05) is 13.2 Å². The van der Waals surface area contributed by atoms with Gasteiger partial charge < -0.3 is 23.5 Å². The Bertz CT molecular complexity index is 368. The van der Waals surface area contributed by atoms with Crippen LogP contribution in [0.5, 0.6) is 0 Å². The summed E-state index contributed by atoms with van der Waals surface area (Å²) in [6.45, 7) is 8.07. The highest BCUT2D eigenvalue weighted by molar-refractivity contribution is 6.60. The maximum atomic E-state index is 10.5. The molecule has 0 radical (unpaired) electrons. The van der Waals surface area contributed by atoms with Crippen molar-refractivity contribution in [1.82, 2.24) is 0 Å². The molecule has 0 aromatic heterocycles. The third kappa shape index (κ3) is 10.3. The number of aliphatic carboxylic acids is 2. The number of carbonyl (C=O) groups is 2. The Labute approximate surface area is 132 Å². The molecule has 128 valence electrons. The van der Waals surface area contributed by atoms with Gasteiger partial charge in [-0.2, -0.15) is 0 Å².